The van der Waals surface area contributed by atoms with Gasteiger partial charge in [-0.1, -0.05) is 11.8 Å². The minimum atomic E-state index is -0.961. The number of carboxylic acids is 1. The lowest BCUT2D eigenvalue weighted by Crippen LogP contribution is -2.40. The average molecular weight is 389 g/mol. The van der Waals surface area contributed by atoms with Crippen LogP contribution in [-0.4, -0.2) is 60.5 Å². The minimum Gasteiger partial charge on any atom is -0.478 e. The van der Waals surface area contributed by atoms with Crippen LogP contribution in [0.15, 0.2) is 17.4 Å². The number of hydrogen-bond acceptors (Lipinski definition) is 6. The Morgan fingerprint density at radius 1 is 1.19 bits per heavy atom. The van der Waals surface area contributed by atoms with E-state index in [0.717, 1.165) is 24.2 Å². The van der Waals surface area contributed by atoms with Gasteiger partial charge >= 0.3 is 5.97 Å². The number of nitrogens with zero attached hydrogens (tertiary/aromatic N) is 5. The van der Waals surface area contributed by atoms with Gasteiger partial charge in [-0.05, 0) is 39.7 Å². The Kier molecular flexibility index (Phi) is 5.79. The van der Waals surface area contributed by atoms with Gasteiger partial charge in [0, 0.05) is 24.5 Å². The second kappa shape index (κ2) is 8.08. The molecule has 0 bridgehead atoms. The van der Waals surface area contributed by atoms with Crippen LogP contribution in [0.25, 0.3) is 0 Å². The number of piperidine rings is 1. The molecule has 0 spiro atoms. The predicted molar refractivity (Wildman–Crippen MR) is 101 cm³/mol. The van der Waals surface area contributed by atoms with Crippen molar-refractivity contribution in [2.45, 2.75) is 44.8 Å². The molecule has 9 heteroatoms. The van der Waals surface area contributed by atoms with Crippen molar-refractivity contribution in [2.75, 3.05) is 18.8 Å². The molecule has 2 aromatic rings. The Bertz CT molecular complexity index is 838. The Labute approximate surface area is 162 Å². The van der Waals surface area contributed by atoms with Crippen LogP contribution in [0.4, 0.5) is 0 Å². The van der Waals surface area contributed by atoms with Gasteiger partial charge in [-0.15, -0.1) is 0 Å². The van der Waals surface area contributed by atoms with Crippen molar-refractivity contribution in [1.29, 1.82) is 0 Å². The predicted octanol–water partition coefficient (Wildman–Crippen LogP) is 2.25. The Morgan fingerprint density at radius 2 is 1.81 bits per heavy atom. The third-order valence-corrected chi connectivity index (χ3v) is 5.56. The smallest absolute Gasteiger partial charge is 0.339 e. The lowest BCUT2D eigenvalue weighted by Gasteiger charge is -2.32. The number of amides is 1. The summed E-state index contributed by atoms with van der Waals surface area (Å²) in [6, 6.07) is 2.03. The highest BCUT2D eigenvalue weighted by Gasteiger charge is 2.26. The molecule has 0 radical (unpaired) electrons. The lowest BCUT2D eigenvalue weighted by atomic mass is 10.0. The quantitative estimate of drug-likeness (QED) is 0.618. The summed E-state index contributed by atoms with van der Waals surface area (Å²) in [7, 11) is 0. The molecule has 1 saturated heterocycles. The summed E-state index contributed by atoms with van der Waals surface area (Å²) in [5.74, 6) is -0.570. The molecule has 3 heterocycles. The van der Waals surface area contributed by atoms with Crippen LogP contribution in [0.1, 0.15) is 46.3 Å². The van der Waals surface area contributed by atoms with Crippen molar-refractivity contribution in [2.24, 2.45) is 0 Å². The highest BCUT2D eigenvalue weighted by atomic mass is 32.2. The summed E-state index contributed by atoms with van der Waals surface area (Å²) in [6.45, 7) is 6.88. The molecule has 8 nitrogen and oxygen atoms in total. The maximum atomic E-state index is 12.5. The summed E-state index contributed by atoms with van der Waals surface area (Å²) < 4.78 is 1.78. The van der Waals surface area contributed by atoms with E-state index in [9.17, 15) is 9.59 Å². The Morgan fingerprint density at radius 3 is 2.37 bits per heavy atom. The van der Waals surface area contributed by atoms with Gasteiger partial charge in [-0.2, -0.15) is 5.10 Å². The monoisotopic (exact) mass is 389 g/mol. The first kappa shape index (κ1) is 19.3. The first-order valence-corrected chi connectivity index (χ1v) is 9.84. The first-order valence-electron chi connectivity index (χ1n) is 8.85. The summed E-state index contributed by atoms with van der Waals surface area (Å²) in [5, 5.41) is 14.0. The number of thioether (sulfide) groups is 1. The molecule has 0 aliphatic carbocycles. The molecular weight excluding hydrogens is 366 g/mol. The van der Waals surface area contributed by atoms with E-state index in [1.165, 1.54) is 18.0 Å². The maximum Gasteiger partial charge on any atom is 0.339 e. The molecule has 27 heavy (non-hydrogen) atoms. The van der Waals surface area contributed by atoms with Crippen LogP contribution in [-0.2, 0) is 4.79 Å². The van der Waals surface area contributed by atoms with Gasteiger partial charge in [0.15, 0.2) is 5.16 Å². The second-order valence-electron chi connectivity index (χ2n) is 6.73. The van der Waals surface area contributed by atoms with E-state index < -0.39 is 5.97 Å². The zero-order valence-corrected chi connectivity index (χ0v) is 16.5. The van der Waals surface area contributed by atoms with E-state index in [0.29, 0.717) is 29.7 Å². The van der Waals surface area contributed by atoms with Crippen LogP contribution < -0.4 is 0 Å². The molecule has 0 saturated carbocycles. The van der Waals surface area contributed by atoms with Gasteiger partial charge in [-0.25, -0.2) is 14.8 Å². The summed E-state index contributed by atoms with van der Waals surface area (Å²) in [5.41, 5.74) is 2.69. The molecule has 3 rings (SSSR count). The van der Waals surface area contributed by atoms with E-state index >= 15 is 0 Å². The van der Waals surface area contributed by atoms with Crippen LogP contribution in [0.3, 0.4) is 0 Å². The van der Waals surface area contributed by atoms with E-state index in [1.54, 1.807) is 11.6 Å². The topological polar surface area (TPSA) is 101 Å². The molecule has 1 aliphatic rings. The molecule has 0 aromatic carbocycles. The third kappa shape index (κ3) is 4.47. The third-order valence-electron chi connectivity index (χ3n) is 4.72. The number of likely N-dealkylation sites (tertiary alicyclic amines) is 1. The van der Waals surface area contributed by atoms with Crippen molar-refractivity contribution in [1.82, 2.24) is 24.6 Å². The summed E-state index contributed by atoms with van der Waals surface area (Å²) in [6.07, 6.45) is 2.92. The number of aromatic carboxylic acids is 1. The number of aromatic nitrogens is 4. The molecule has 1 aliphatic heterocycles. The van der Waals surface area contributed by atoms with Crippen molar-refractivity contribution in [3.8, 4) is 0 Å². The SMILES string of the molecule is Cc1cc(C)nc(SCC(=O)N2CCC(n3ncc(C(=O)O)c3C)CC2)n1. The van der Waals surface area contributed by atoms with E-state index in [2.05, 4.69) is 15.1 Å². The van der Waals surface area contributed by atoms with Gasteiger partial charge in [0.05, 0.1) is 23.7 Å². The number of hydrogen-bond donors (Lipinski definition) is 1. The highest BCUT2D eigenvalue weighted by Crippen LogP contribution is 2.25. The van der Waals surface area contributed by atoms with Crippen LogP contribution in [0.5, 0.6) is 0 Å². The zero-order valence-electron chi connectivity index (χ0n) is 15.7. The fraction of sp³-hybridized carbons (Fsp3) is 0.500. The summed E-state index contributed by atoms with van der Waals surface area (Å²) in [4.78, 5) is 34.2. The van der Waals surface area contributed by atoms with Gasteiger partial charge in [0.2, 0.25) is 5.91 Å². The molecule has 0 unspecified atom stereocenters. The van der Waals surface area contributed by atoms with Crippen molar-refractivity contribution in [3.05, 3.63) is 34.9 Å². The van der Waals surface area contributed by atoms with Crippen LogP contribution in [0.2, 0.25) is 0 Å². The lowest BCUT2D eigenvalue weighted by molar-refractivity contribution is -0.129. The number of carbonyl (C=O) groups excluding carboxylic acids is 1. The second-order valence-corrected chi connectivity index (χ2v) is 7.67. The minimum absolute atomic E-state index is 0.0737. The molecule has 1 amide bonds. The number of rotatable bonds is 5. The standard InChI is InChI=1S/C18H23N5O3S/c1-11-8-12(2)21-18(20-11)27-10-16(24)22-6-4-14(5-7-22)23-13(3)15(9-19-23)17(25)26/h8-9,14H,4-7,10H2,1-3H3,(H,25,26). The molecule has 0 atom stereocenters. The zero-order chi connectivity index (χ0) is 19.6. The molecule has 1 fully saturated rings. The van der Waals surface area contributed by atoms with Crippen LogP contribution >= 0.6 is 11.8 Å². The van der Waals surface area contributed by atoms with E-state index in [-0.39, 0.29) is 17.5 Å². The largest absolute Gasteiger partial charge is 0.478 e. The first-order chi connectivity index (χ1) is 12.8. The van der Waals surface area contributed by atoms with Gasteiger partial charge in [0.1, 0.15) is 5.56 Å². The van der Waals surface area contributed by atoms with Gasteiger partial charge in [0.25, 0.3) is 0 Å². The van der Waals surface area contributed by atoms with E-state index in [4.69, 9.17) is 5.11 Å². The van der Waals surface area contributed by atoms with Crippen molar-refractivity contribution < 1.29 is 14.7 Å². The van der Waals surface area contributed by atoms with Crippen molar-refractivity contribution >= 4 is 23.6 Å². The number of aryl methyl sites for hydroxylation is 2. The van der Waals surface area contributed by atoms with Gasteiger partial charge in [-0.3, -0.25) is 9.48 Å². The molecule has 2 aromatic heterocycles. The van der Waals surface area contributed by atoms with E-state index in [1.807, 2.05) is 24.8 Å². The number of carboxylic acid groups (broad SMARTS) is 1. The molecular formula is C18H23N5O3S. The maximum absolute atomic E-state index is 12.5. The molecule has 144 valence electrons. The average Bonchev–Trinajstić information content (AvgIpc) is 3.01. The Hall–Kier alpha value is -2.42. The fourth-order valence-corrected chi connectivity index (χ4v) is 4.19. The highest BCUT2D eigenvalue weighted by molar-refractivity contribution is 7.99. The number of carbonyl (C=O) groups is 2. The fourth-order valence-electron chi connectivity index (χ4n) is 3.34. The summed E-state index contributed by atoms with van der Waals surface area (Å²) >= 11 is 1.36. The van der Waals surface area contributed by atoms with Crippen LogP contribution in [0, 0.1) is 20.8 Å². The Balaban J connectivity index is 1.54. The van der Waals surface area contributed by atoms with Crippen molar-refractivity contribution in [3.63, 3.8) is 0 Å². The van der Waals surface area contributed by atoms with Gasteiger partial charge < -0.3 is 10.0 Å². The molecule has 1 N–H and O–H groups in total. The normalized spacial score (nSPS) is 15.1.